The van der Waals surface area contributed by atoms with Crippen molar-refractivity contribution in [3.8, 4) is 17.2 Å². The molecule has 33 heavy (non-hydrogen) atoms. The summed E-state index contributed by atoms with van der Waals surface area (Å²) >= 11 is 5.61. The standard InChI is InChI=1S/C25H33N3O4S/c1-27-13-8-11-20(27)12-14-28(17-23(33)26-19-9-6-5-7-10-19)25(29)18-15-21(30-2)24(32-4)22(16-18)31-3/h5-7,9-10,15-16,20H,8,11-14,17H2,1-4H3,(H,26,33). The fourth-order valence-corrected chi connectivity index (χ4v) is 4.46. The first-order valence-electron chi connectivity index (χ1n) is 11.1. The van der Waals surface area contributed by atoms with E-state index in [0.29, 0.717) is 46.9 Å². The Morgan fingerprint density at radius 3 is 2.33 bits per heavy atom. The summed E-state index contributed by atoms with van der Waals surface area (Å²) in [7, 11) is 6.76. The molecule has 1 heterocycles. The third-order valence-corrected chi connectivity index (χ3v) is 6.23. The van der Waals surface area contributed by atoms with Crippen molar-refractivity contribution in [1.82, 2.24) is 9.80 Å². The van der Waals surface area contributed by atoms with Gasteiger partial charge in [-0.1, -0.05) is 30.4 Å². The van der Waals surface area contributed by atoms with Gasteiger partial charge in [-0.25, -0.2) is 0 Å². The van der Waals surface area contributed by atoms with Crippen molar-refractivity contribution >= 4 is 28.8 Å². The zero-order valence-electron chi connectivity index (χ0n) is 19.8. The number of rotatable bonds is 10. The predicted molar refractivity (Wildman–Crippen MR) is 135 cm³/mol. The minimum Gasteiger partial charge on any atom is -0.493 e. The van der Waals surface area contributed by atoms with Gasteiger partial charge in [0.2, 0.25) is 5.75 Å². The Morgan fingerprint density at radius 2 is 1.79 bits per heavy atom. The van der Waals surface area contributed by atoms with E-state index in [-0.39, 0.29) is 5.91 Å². The zero-order valence-corrected chi connectivity index (χ0v) is 20.6. The van der Waals surface area contributed by atoms with E-state index in [1.54, 1.807) is 24.1 Å². The number of thiocarbonyl (C=S) groups is 1. The van der Waals surface area contributed by atoms with E-state index in [4.69, 9.17) is 26.4 Å². The molecule has 0 bridgehead atoms. The van der Waals surface area contributed by atoms with Gasteiger partial charge in [-0.05, 0) is 57.1 Å². The lowest BCUT2D eigenvalue weighted by Crippen LogP contribution is -2.40. The topological polar surface area (TPSA) is 63.3 Å². The van der Waals surface area contributed by atoms with E-state index in [2.05, 4.69) is 17.3 Å². The van der Waals surface area contributed by atoms with Crippen LogP contribution >= 0.6 is 12.2 Å². The van der Waals surface area contributed by atoms with Gasteiger partial charge in [-0.3, -0.25) is 4.79 Å². The molecular weight excluding hydrogens is 438 g/mol. The highest BCUT2D eigenvalue weighted by molar-refractivity contribution is 7.80. The van der Waals surface area contributed by atoms with Crippen LogP contribution in [0.4, 0.5) is 5.69 Å². The lowest BCUT2D eigenvalue weighted by molar-refractivity contribution is 0.0767. The number of hydrogen-bond donors (Lipinski definition) is 1. The first-order valence-corrected chi connectivity index (χ1v) is 11.5. The molecule has 1 atom stereocenters. The van der Waals surface area contributed by atoms with Crippen molar-refractivity contribution in [3.05, 3.63) is 48.0 Å². The molecule has 7 nitrogen and oxygen atoms in total. The summed E-state index contributed by atoms with van der Waals surface area (Å²) in [4.78, 5) is 18.4. The first kappa shape index (κ1) is 24.8. The molecular formula is C25H33N3O4S. The predicted octanol–water partition coefficient (Wildman–Crippen LogP) is 4.08. The molecule has 178 valence electrons. The smallest absolute Gasteiger partial charge is 0.254 e. The molecule has 0 spiro atoms. The normalized spacial score (nSPS) is 15.7. The number of likely N-dealkylation sites (tertiary alicyclic amines) is 1. The van der Waals surface area contributed by atoms with Gasteiger partial charge in [-0.2, -0.15) is 0 Å². The summed E-state index contributed by atoms with van der Waals surface area (Å²) < 4.78 is 16.3. The quantitative estimate of drug-likeness (QED) is 0.524. The number of hydrogen-bond acceptors (Lipinski definition) is 6. The van der Waals surface area contributed by atoms with Crippen LogP contribution in [0, 0.1) is 0 Å². The van der Waals surface area contributed by atoms with Crippen LogP contribution in [0.25, 0.3) is 0 Å². The highest BCUT2D eigenvalue weighted by Crippen LogP contribution is 2.38. The number of amides is 1. The average molecular weight is 472 g/mol. The van der Waals surface area contributed by atoms with E-state index in [1.165, 1.54) is 20.6 Å². The van der Waals surface area contributed by atoms with Gasteiger partial charge in [0, 0.05) is 23.8 Å². The number of benzene rings is 2. The van der Waals surface area contributed by atoms with Crippen molar-refractivity contribution in [3.63, 3.8) is 0 Å². The van der Waals surface area contributed by atoms with Crippen molar-refractivity contribution in [1.29, 1.82) is 0 Å². The SMILES string of the molecule is COc1cc(C(=O)N(CCC2CCCN2C)CC(=S)Nc2ccccc2)cc(OC)c1OC. The summed E-state index contributed by atoms with van der Waals surface area (Å²) in [5.41, 5.74) is 1.37. The fraction of sp³-hybridized carbons (Fsp3) is 0.440. The van der Waals surface area contributed by atoms with Gasteiger partial charge < -0.3 is 29.3 Å². The highest BCUT2D eigenvalue weighted by atomic mass is 32.1. The molecule has 1 amide bonds. The van der Waals surface area contributed by atoms with Crippen LogP contribution in [0.3, 0.4) is 0 Å². The summed E-state index contributed by atoms with van der Waals surface area (Å²) in [6.07, 6.45) is 3.23. The lowest BCUT2D eigenvalue weighted by atomic mass is 10.1. The number of ether oxygens (including phenoxy) is 3. The largest absolute Gasteiger partial charge is 0.493 e. The van der Waals surface area contributed by atoms with E-state index in [0.717, 1.165) is 25.1 Å². The molecule has 0 saturated carbocycles. The molecule has 1 fully saturated rings. The zero-order chi connectivity index (χ0) is 23.8. The van der Waals surface area contributed by atoms with E-state index >= 15 is 0 Å². The number of carbonyl (C=O) groups excluding carboxylic acids is 1. The number of methoxy groups -OCH3 is 3. The molecule has 3 rings (SSSR count). The Kier molecular flexibility index (Phi) is 8.91. The summed E-state index contributed by atoms with van der Waals surface area (Å²) in [5.74, 6) is 1.21. The van der Waals surface area contributed by atoms with Crippen LogP contribution in [0.15, 0.2) is 42.5 Å². The Labute approximate surface area is 201 Å². The summed E-state index contributed by atoms with van der Waals surface area (Å²) in [6.45, 7) is 2.01. The molecule has 2 aromatic carbocycles. The molecule has 0 radical (unpaired) electrons. The van der Waals surface area contributed by atoms with Crippen LogP contribution < -0.4 is 19.5 Å². The van der Waals surface area contributed by atoms with Gasteiger partial charge in [0.05, 0.1) is 32.9 Å². The van der Waals surface area contributed by atoms with Gasteiger partial charge in [0.1, 0.15) is 0 Å². The maximum Gasteiger partial charge on any atom is 0.254 e. The van der Waals surface area contributed by atoms with Gasteiger partial charge in [-0.15, -0.1) is 0 Å². The second-order valence-electron chi connectivity index (χ2n) is 8.12. The van der Waals surface area contributed by atoms with E-state index in [1.807, 2.05) is 30.3 Å². The van der Waals surface area contributed by atoms with Gasteiger partial charge in [0.15, 0.2) is 11.5 Å². The summed E-state index contributed by atoms with van der Waals surface area (Å²) in [5, 5.41) is 3.24. The fourth-order valence-electron chi connectivity index (χ4n) is 4.18. The second kappa shape index (κ2) is 11.9. The molecule has 8 heteroatoms. The first-order chi connectivity index (χ1) is 16.0. The number of nitrogens with zero attached hydrogens (tertiary/aromatic N) is 2. The van der Waals surface area contributed by atoms with Crippen molar-refractivity contribution < 1.29 is 19.0 Å². The maximum absolute atomic E-state index is 13.6. The van der Waals surface area contributed by atoms with Crippen LogP contribution in [-0.4, -0.2) is 74.7 Å². The Bertz CT molecular complexity index is 929. The molecule has 2 aromatic rings. The average Bonchev–Trinajstić information content (AvgIpc) is 3.25. The highest BCUT2D eigenvalue weighted by Gasteiger charge is 2.25. The van der Waals surface area contributed by atoms with Crippen LogP contribution in [0.5, 0.6) is 17.2 Å². The van der Waals surface area contributed by atoms with Gasteiger partial charge in [0.25, 0.3) is 5.91 Å². The number of anilines is 1. The van der Waals surface area contributed by atoms with E-state index in [9.17, 15) is 4.79 Å². The third kappa shape index (κ3) is 6.36. The molecule has 0 aromatic heterocycles. The Hall–Kier alpha value is -2.84. The molecule has 0 aliphatic carbocycles. The minimum atomic E-state index is -0.132. The second-order valence-corrected chi connectivity index (χ2v) is 8.61. The molecule has 1 unspecified atom stereocenters. The van der Waals surface area contributed by atoms with Crippen molar-refractivity contribution in [2.45, 2.75) is 25.3 Å². The van der Waals surface area contributed by atoms with E-state index < -0.39 is 0 Å². The minimum absolute atomic E-state index is 0.132. The molecule has 1 saturated heterocycles. The Morgan fingerprint density at radius 1 is 1.12 bits per heavy atom. The number of nitrogens with one attached hydrogen (secondary N) is 1. The maximum atomic E-state index is 13.6. The molecule has 1 N–H and O–H groups in total. The monoisotopic (exact) mass is 471 g/mol. The number of para-hydroxylation sites is 1. The van der Waals surface area contributed by atoms with Crippen molar-refractivity contribution in [2.24, 2.45) is 0 Å². The lowest BCUT2D eigenvalue weighted by Gasteiger charge is -2.27. The van der Waals surface area contributed by atoms with Crippen molar-refractivity contribution in [2.75, 3.05) is 53.3 Å². The van der Waals surface area contributed by atoms with Crippen LogP contribution in [-0.2, 0) is 0 Å². The van der Waals surface area contributed by atoms with Crippen LogP contribution in [0.1, 0.15) is 29.6 Å². The Balaban J connectivity index is 1.82. The van der Waals surface area contributed by atoms with Gasteiger partial charge >= 0.3 is 0 Å². The molecule has 1 aliphatic heterocycles. The van der Waals surface area contributed by atoms with Crippen LogP contribution in [0.2, 0.25) is 0 Å². The summed E-state index contributed by atoms with van der Waals surface area (Å²) in [6, 6.07) is 13.6. The molecule has 1 aliphatic rings. The number of carbonyl (C=O) groups is 1. The third-order valence-electron chi connectivity index (χ3n) is 5.99.